The van der Waals surface area contributed by atoms with Gasteiger partial charge in [-0.25, -0.2) is 19.9 Å². The number of benzene rings is 1. The Bertz CT molecular complexity index is 1610. The Labute approximate surface area is 279 Å². The maximum absolute atomic E-state index is 9.07. The van der Waals surface area contributed by atoms with Crippen LogP contribution in [0.3, 0.4) is 0 Å². The molecule has 3 aliphatic heterocycles. The summed E-state index contributed by atoms with van der Waals surface area (Å²) in [6, 6.07) is 16.9. The fourth-order valence-electron chi connectivity index (χ4n) is 6.69. The quantitative estimate of drug-likeness (QED) is 0.286. The number of amidine groups is 2. The molecule has 1 saturated heterocycles. The smallest absolute Gasteiger partial charge is 0.234 e. The van der Waals surface area contributed by atoms with Crippen LogP contribution in [0.1, 0.15) is 89.6 Å². The molecule has 1 unspecified atom stereocenters. The van der Waals surface area contributed by atoms with Gasteiger partial charge in [0.2, 0.25) is 5.82 Å². The fourth-order valence-corrected chi connectivity index (χ4v) is 6.69. The molecule has 2 fully saturated rings. The number of allylic oxidation sites excluding steroid dienone is 1. The molecule has 47 heavy (non-hydrogen) atoms. The monoisotopic (exact) mass is 632 g/mol. The second-order valence-corrected chi connectivity index (χ2v) is 11.8. The molecule has 0 amide bonds. The van der Waals surface area contributed by atoms with Crippen LogP contribution in [0.15, 0.2) is 76.6 Å². The molecular formula is C37H48N10. The van der Waals surface area contributed by atoms with Crippen LogP contribution in [-0.4, -0.2) is 56.7 Å². The fraction of sp³-hybridized carbons (Fsp3) is 0.459. The van der Waals surface area contributed by atoms with Crippen LogP contribution < -0.4 is 16.0 Å². The van der Waals surface area contributed by atoms with Gasteiger partial charge in [-0.15, -0.1) is 0 Å². The summed E-state index contributed by atoms with van der Waals surface area (Å²) in [5.74, 6) is 3.77. The Morgan fingerprint density at radius 2 is 1.68 bits per heavy atom. The van der Waals surface area contributed by atoms with Crippen molar-refractivity contribution < 1.29 is 0 Å². The summed E-state index contributed by atoms with van der Waals surface area (Å²) in [7, 11) is 0. The summed E-state index contributed by atoms with van der Waals surface area (Å²) in [5, 5.41) is 12.5. The van der Waals surface area contributed by atoms with Crippen LogP contribution in [0.5, 0.6) is 0 Å². The van der Waals surface area contributed by atoms with Gasteiger partial charge < -0.3 is 11.1 Å². The third-order valence-electron chi connectivity index (χ3n) is 8.96. The van der Waals surface area contributed by atoms with Gasteiger partial charge in [-0.1, -0.05) is 58.7 Å². The van der Waals surface area contributed by atoms with Crippen molar-refractivity contribution in [3.8, 4) is 6.07 Å². The topological polar surface area (TPSA) is 132 Å². The summed E-state index contributed by atoms with van der Waals surface area (Å²) in [6.07, 6.45) is 13.6. The van der Waals surface area contributed by atoms with Gasteiger partial charge >= 0.3 is 0 Å². The lowest BCUT2D eigenvalue weighted by Gasteiger charge is -2.32. The van der Waals surface area contributed by atoms with Crippen LogP contribution >= 0.6 is 0 Å². The number of aliphatic imine (C=N–C) groups is 2. The number of nitrogens with zero attached hydrogens (tertiary/aromatic N) is 8. The molecule has 1 saturated carbocycles. The number of anilines is 3. The number of rotatable bonds is 7. The molecule has 1 aromatic carbocycles. The van der Waals surface area contributed by atoms with Gasteiger partial charge in [-0.3, -0.25) is 14.8 Å². The third-order valence-corrected chi connectivity index (χ3v) is 8.96. The minimum absolute atomic E-state index is 0.0109. The standard InChI is InChI=1S/C33H36N10.2C2H6/c34-20-30-36-17-13-29(41-30)38-24-14-18-42(19-15-24)21-22-7-9-25(10-8-22)43-32(26-6-3-16-37-31(26)35)40-28-12-11-27(39-33(28)43)23-4-1-2-5-23;2*1-2/h3,6-11,13,16-17,23-24,28H,1-2,4-5,12,14-15,18-19,21H2,(H2,35,37)(H,36,38,41);2*1-2H3. The van der Waals surface area contributed by atoms with Crippen LogP contribution in [-0.2, 0) is 6.54 Å². The van der Waals surface area contributed by atoms with E-state index in [2.05, 4.69) is 60.4 Å². The average molecular weight is 633 g/mol. The van der Waals surface area contributed by atoms with Gasteiger partial charge in [0.15, 0.2) is 0 Å². The third kappa shape index (κ3) is 7.86. The summed E-state index contributed by atoms with van der Waals surface area (Å²) < 4.78 is 0. The zero-order valence-electron chi connectivity index (χ0n) is 28.2. The molecule has 3 aromatic rings. The van der Waals surface area contributed by atoms with Crippen molar-refractivity contribution in [2.24, 2.45) is 15.9 Å². The number of hydrogen-bond acceptors (Lipinski definition) is 10. The van der Waals surface area contributed by atoms with Gasteiger partial charge in [0.1, 0.15) is 35.4 Å². The number of piperidine rings is 1. The lowest BCUT2D eigenvalue weighted by atomic mass is 9.99. The molecule has 7 rings (SSSR count). The maximum Gasteiger partial charge on any atom is 0.234 e. The van der Waals surface area contributed by atoms with Crippen molar-refractivity contribution in [3.63, 3.8) is 0 Å². The molecule has 4 aliphatic rings. The molecule has 2 aromatic heterocycles. The summed E-state index contributed by atoms with van der Waals surface area (Å²) in [5.41, 5.74) is 10.7. The Kier molecular flexibility index (Phi) is 11.7. The minimum atomic E-state index is -0.0109. The number of nitriles is 1. The highest BCUT2D eigenvalue weighted by Crippen LogP contribution is 2.37. The number of pyridine rings is 1. The molecule has 1 atom stereocenters. The van der Waals surface area contributed by atoms with Gasteiger partial charge in [0, 0.05) is 55.4 Å². The lowest BCUT2D eigenvalue weighted by Crippen LogP contribution is -2.39. The first kappa shape index (κ1) is 33.7. The number of nitrogen functional groups attached to an aromatic ring is 1. The Morgan fingerprint density at radius 1 is 0.936 bits per heavy atom. The van der Waals surface area contributed by atoms with Crippen molar-refractivity contribution in [3.05, 3.63) is 83.6 Å². The zero-order valence-corrected chi connectivity index (χ0v) is 28.2. The zero-order chi connectivity index (χ0) is 33.2. The van der Waals surface area contributed by atoms with E-state index in [4.69, 9.17) is 21.0 Å². The maximum atomic E-state index is 9.07. The molecule has 246 valence electrons. The van der Waals surface area contributed by atoms with E-state index in [0.29, 0.717) is 23.6 Å². The normalized spacial score (nSPS) is 19.6. The highest BCUT2D eigenvalue weighted by atomic mass is 15.3. The van der Waals surface area contributed by atoms with Gasteiger partial charge in [-0.05, 0) is 68.0 Å². The number of hydrogen-bond donors (Lipinski definition) is 2. The van der Waals surface area contributed by atoms with E-state index in [-0.39, 0.29) is 11.9 Å². The Balaban J connectivity index is 0.00000105. The molecule has 5 heterocycles. The number of nitrogens with two attached hydrogens (primary N) is 1. The number of likely N-dealkylation sites (tertiary alicyclic amines) is 1. The van der Waals surface area contributed by atoms with Crippen LogP contribution in [0.25, 0.3) is 0 Å². The number of fused-ring (bicyclic) bond motifs is 1. The van der Waals surface area contributed by atoms with Crippen molar-refractivity contribution in [1.82, 2.24) is 19.9 Å². The first-order valence-electron chi connectivity index (χ1n) is 17.3. The van der Waals surface area contributed by atoms with Gasteiger partial charge in [-0.2, -0.15) is 5.26 Å². The minimum Gasteiger partial charge on any atom is -0.383 e. The molecular weight excluding hydrogens is 584 g/mol. The second kappa shape index (κ2) is 16.3. The Hall–Kier alpha value is -4.62. The van der Waals surface area contributed by atoms with E-state index in [1.54, 1.807) is 12.4 Å². The molecule has 0 radical (unpaired) electrons. The van der Waals surface area contributed by atoms with Gasteiger partial charge in [0.05, 0.1) is 5.56 Å². The van der Waals surface area contributed by atoms with Crippen LogP contribution in [0.2, 0.25) is 0 Å². The van der Waals surface area contributed by atoms with E-state index < -0.39 is 0 Å². The van der Waals surface area contributed by atoms with Crippen molar-refractivity contribution >= 4 is 29.0 Å². The predicted molar refractivity (Wildman–Crippen MR) is 191 cm³/mol. The molecule has 10 nitrogen and oxygen atoms in total. The van der Waals surface area contributed by atoms with E-state index in [0.717, 1.165) is 61.8 Å². The van der Waals surface area contributed by atoms with Gasteiger partial charge in [0.25, 0.3) is 0 Å². The predicted octanol–water partition coefficient (Wildman–Crippen LogP) is 6.97. The molecule has 0 bridgehead atoms. The molecule has 10 heteroatoms. The van der Waals surface area contributed by atoms with E-state index >= 15 is 0 Å². The first-order chi connectivity index (χ1) is 23.1. The van der Waals surface area contributed by atoms with Crippen molar-refractivity contribution in [2.75, 3.05) is 29.0 Å². The van der Waals surface area contributed by atoms with Crippen molar-refractivity contribution in [1.29, 1.82) is 5.26 Å². The van der Waals surface area contributed by atoms with E-state index in [1.165, 1.54) is 36.9 Å². The number of aromatic nitrogens is 3. The highest BCUT2D eigenvalue weighted by molar-refractivity contribution is 6.31. The summed E-state index contributed by atoms with van der Waals surface area (Å²) in [4.78, 5) is 27.6. The Morgan fingerprint density at radius 3 is 2.38 bits per heavy atom. The molecule has 3 N–H and O–H groups in total. The number of nitrogens with one attached hydrogen (secondary N) is 1. The van der Waals surface area contributed by atoms with Crippen LogP contribution in [0.4, 0.5) is 17.3 Å². The summed E-state index contributed by atoms with van der Waals surface area (Å²) in [6.45, 7) is 10.9. The molecule has 0 spiro atoms. The SMILES string of the molecule is CC.CC.N#Cc1nccc(NC2CCN(Cc3ccc(N4C(c5cccnc5N)=NC5CC=C(C6CCCC6)N=C54)cc3)CC2)n1. The van der Waals surface area contributed by atoms with Crippen LogP contribution in [0, 0.1) is 17.2 Å². The largest absolute Gasteiger partial charge is 0.383 e. The van der Waals surface area contributed by atoms with E-state index in [1.807, 2.05) is 52.0 Å². The lowest BCUT2D eigenvalue weighted by molar-refractivity contribution is 0.211. The van der Waals surface area contributed by atoms with Crippen molar-refractivity contribution in [2.45, 2.75) is 91.3 Å². The second-order valence-electron chi connectivity index (χ2n) is 11.8. The first-order valence-corrected chi connectivity index (χ1v) is 17.3. The average Bonchev–Trinajstić information content (AvgIpc) is 3.80. The summed E-state index contributed by atoms with van der Waals surface area (Å²) >= 11 is 0. The molecule has 1 aliphatic carbocycles. The van der Waals surface area contributed by atoms with E-state index in [9.17, 15) is 0 Å². The highest BCUT2D eigenvalue weighted by Gasteiger charge is 2.37.